The molecule has 7 heteroatoms. The summed E-state index contributed by atoms with van der Waals surface area (Å²) in [6, 6.07) is 14.4. The second-order valence-electron chi connectivity index (χ2n) is 22.1. The molecule has 17 rings (SSSR count). The maximum absolute atomic E-state index is 16.1. The van der Waals surface area contributed by atoms with E-state index in [1.54, 1.807) is 11.3 Å². The maximum atomic E-state index is 16.1. The molecule has 3 spiro atoms. The van der Waals surface area contributed by atoms with Crippen molar-refractivity contribution >= 4 is 18.0 Å². The Morgan fingerprint density at radius 3 is 2.76 bits per heavy atom. The SMILES string of the molecule is CC1CC2=C3C4C5=C6C=C(Cc7cccc8c7C=CC(CC8)CC7C68C(=O)OC(=CCC(C)N6CC9CC(C6)C(CC2)N3C9)C8(CC5)C72OC(=O)c3c(CCCN)cccc32)C14. The van der Waals surface area contributed by atoms with Crippen LogP contribution in [0.4, 0.5) is 0 Å². The quantitative estimate of drug-likeness (QED) is 0.310. The third-order valence-electron chi connectivity index (χ3n) is 19.7. The molecule has 1 saturated carbocycles. The Bertz CT molecular complexity index is 2560. The topological polar surface area (TPSA) is 85.1 Å². The second-order valence-corrected chi connectivity index (χ2v) is 22.1. The Labute approximate surface area is 366 Å². The van der Waals surface area contributed by atoms with Gasteiger partial charge in [0.25, 0.3) is 0 Å². The zero-order valence-corrected chi connectivity index (χ0v) is 36.6. The van der Waals surface area contributed by atoms with Gasteiger partial charge >= 0.3 is 11.9 Å². The highest BCUT2D eigenvalue weighted by atomic mass is 16.6. The molecular formula is C55H61N3O4. The second kappa shape index (κ2) is 12.7. The van der Waals surface area contributed by atoms with Crippen molar-refractivity contribution in [3.63, 3.8) is 0 Å². The molecule has 4 fully saturated rings. The number of ether oxygens (including phenoxy) is 2. The molecule has 7 nitrogen and oxygen atoms in total. The fourth-order valence-electron chi connectivity index (χ4n) is 17.5. The smallest absolute Gasteiger partial charge is 0.339 e. The lowest BCUT2D eigenvalue weighted by Crippen LogP contribution is -2.77. The lowest BCUT2D eigenvalue weighted by atomic mass is 9.28. The summed E-state index contributed by atoms with van der Waals surface area (Å²) in [6.07, 6.45) is 22.4. The van der Waals surface area contributed by atoms with Crippen molar-refractivity contribution in [2.75, 3.05) is 26.2 Å². The summed E-state index contributed by atoms with van der Waals surface area (Å²) < 4.78 is 14.4. The minimum absolute atomic E-state index is 0.0956. The highest BCUT2D eigenvalue weighted by Crippen LogP contribution is 2.87. The Morgan fingerprint density at radius 1 is 0.968 bits per heavy atom. The molecule has 3 saturated heterocycles. The number of hydrogen-bond acceptors (Lipinski definition) is 7. The lowest BCUT2D eigenvalue weighted by molar-refractivity contribution is -0.277. The van der Waals surface area contributed by atoms with Crippen molar-refractivity contribution in [1.82, 2.24) is 9.80 Å². The standard InChI is InChI=1S/C55H61N3O4/c1-30-22-37-15-17-44-39-23-33-27-57(29-39)31(2)11-18-46-53-20-19-41-43-26-38(47(30)49(41)50(37)58(44)28-33)25-36-8-3-6-34-14-12-32(13-16-40(34)36)24-45(54(43,53)52(60)61-46)55(53)42-10-4-7-35(9-5-21-56)48(42)51(59)62-55/h3-4,6-8,10,13,16,18,26,30-33,39,44-45,47,49H,5,9,11-12,14-15,17,19-25,27-29,56H2,1-2H3. The van der Waals surface area contributed by atoms with E-state index in [2.05, 4.69) is 84.3 Å². The van der Waals surface area contributed by atoms with Crippen LogP contribution < -0.4 is 5.73 Å². The number of rotatable bonds is 3. The summed E-state index contributed by atoms with van der Waals surface area (Å²) in [5.41, 5.74) is 17.9. The van der Waals surface area contributed by atoms with E-state index in [0.717, 1.165) is 99.9 Å². The molecule has 9 heterocycles. The molecule has 320 valence electrons. The van der Waals surface area contributed by atoms with Crippen LogP contribution in [0.15, 0.2) is 88.4 Å². The van der Waals surface area contributed by atoms with Gasteiger partial charge in [0.1, 0.15) is 11.2 Å². The average Bonchev–Trinajstić information content (AvgIpc) is 3.60. The van der Waals surface area contributed by atoms with Crippen LogP contribution in [-0.4, -0.2) is 60.0 Å². The number of carbonyl (C=O) groups is 2. The molecule has 9 aliphatic heterocycles. The van der Waals surface area contributed by atoms with Gasteiger partial charge in [0.05, 0.1) is 11.0 Å². The molecule has 13 atom stereocenters. The molecule has 6 aliphatic carbocycles. The first-order valence-electron chi connectivity index (χ1n) is 24.7. The molecule has 15 aliphatic rings. The normalized spacial score (nSPS) is 42.2. The van der Waals surface area contributed by atoms with Crippen molar-refractivity contribution in [1.29, 1.82) is 0 Å². The van der Waals surface area contributed by atoms with Gasteiger partial charge in [0, 0.05) is 54.8 Å². The molecule has 2 aromatic rings. The summed E-state index contributed by atoms with van der Waals surface area (Å²) in [5, 5.41) is 0. The zero-order valence-electron chi connectivity index (χ0n) is 36.6. The first kappa shape index (κ1) is 37.2. The number of hydrogen-bond donors (Lipinski definition) is 1. The van der Waals surface area contributed by atoms with E-state index in [1.165, 1.54) is 59.1 Å². The van der Waals surface area contributed by atoms with Crippen LogP contribution in [0.3, 0.4) is 0 Å². The third-order valence-corrected chi connectivity index (χ3v) is 19.7. The number of carbonyl (C=O) groups excluding carboxylic acids is 2. The number of piperidine rings is 2. The first-order chi connectivity index (χ1) is 30.3. The summed E-state index contributed by atoms with van der Waals surface area (Å²) in [4.78, 5) is 36.8. The number of nitrogens with two attached hydrogens (primary N) is 1. The predicted octanol–water partition coefficient (Wildman–Crippen LogP) is 8.97. The molecule has 62 heavy (non-hydrogen) atoms. The van der Waals surface area contributed by atoms with Crippen molar-refractivity contribution in [2.45, 2.75) is 115 Å². The minimum Gasteiger partial charge on any atom is -0.449 e. The summed E-state index contributed by atoms with van der Waals surface area (Å²) >= 11 is 0. The Kier molecular flexibility index (Phi) is 7.65. The van der Waals surface area contributed by atoms with E-state index in [-0.39, 0.29) is 29.7 Å². The number of fused-ring (bicyclic) bond motifs is 5. The van der Waals surface area contributed by atoms with Crippen LogP contribution in [0.25, 0.3) is 6.08 Å². The van der Waals surface area contributed by atoms with Gasteiger partial charge in [-0.05, 0) is 160 Å². The summed E-state index contributed by atoms with van der Waals surface area (Å²) in [6.45, 7) is 8.94. The number of allylic oxidation sites excluding steroid dienone is 5. The van der Waals surface area contributed by atoms with E-state index >= 15 is 4.79 Å². The Balaban J connectivity index is 1.09. The lowest BCUT2D eigenvalue weighted by Gasteiger charge is -2.71. The van der Waals surface area contributed by atoms with Gasteiger partial charge in [0.15, 0.2) is 5.60 Å². The number of nitrogens with zero attached hydrogens (tertiary/aromatic N) is 2. The zero-order chi connectivity index (χ0) is 41.4. The third kappa shape index (κ3) is 4.33. The molecule has 13 unspecified atom stereocenters. The largest absolute Gasteiger partial charge is 0.449 e. The number of benzene rings is 2. The van der Waals surface area contributed by atoms with Gasteiger partial charge in [-0.1, -0.05) is 78.3 Å². The molecule has 2 aromatic carbocycles. The Morgan fingerprint density at radius 2 is 1.85 bits per heavy atom. The van der Waals surface area contributed by atoms with Crippen LogP contribution in [0.5, 0.6) is 0 Å². The molecule has 2 N–H and O–H groups in total. The molecule has 0 radical (unpaired) electrons. The average molecular weight is 828 g/mol. The van der Waals surface area contributed by atoms with Crippen LogP contribution in [0, 0.1) is 52.3 Å². The van der Waals surface area contributed by atoms with Gasteiger partial charge in [0.2, 0.25) is 0 Å². The van der Waals surface area contributed by atoms with Crippen molar-refractivity contribution in [3.05, 3.63) is 122 Å². The molecule has 15 bridgehead atoms. The predicted molar refractivity (Wildman–Crippen MR) is 238 cm³/mol. The fourth-order valence-corrected chi connectivity index (χ4v) is 17.5. The van der Waals surface area contributed by atoms with E-state index < -0.39 is 16.4 Å². The molecule has 0 amide bonds. The maximum Gasteiger partial charge on any atom is 0.339 e. The summed E-state index contributed by atoms with van der Waals surface area (Å²) in [7, 11) is 0. The van der Waals surface area contributed by atoms with Gasteiger partial charge in [-0.3, -0.25) is 9.69 Å². The molecular weight excluding hydrogens is 767 g/mol. The van der Waals surface area contributed by atoms with E-state index in [4.69, 9.17) is 15.2 Å². The van der Waals surface area contributed by atoms with E-state index in [1.807, 2.05) is 0 Å². The van der Waals surface area contributed by atoms with E-state index in [9.17, 15) is 4.79 Å². The highest BCUT2D eigenvalue weighted by molar-refractivity contribution is 6.00. The van der Waals surface area contributed by atoms with Crippen LogP contribution in [-0.2, 0) is 39.1 Å². The molecule has 0 aromatic heterocycles. The summed E-state index contributed by atoms with van der Waals surface area (Å²) in [5.74, 6) is 2.84. The number of esters is 2. The fraction of sp³-hybridized carbons (Fsp3) is 0.564. The van der Waals surface area contributed by atoms with Crippen LogP contribution >= 0.6 is 0 Å². The van der Waals surface area contributed by atoms with Crippen molar-refractivity contribution in [2.24, 2.45) is 58.0 Å². The minimum atomic E-state index is -1.03. The van der Waals surface area contributed by atoms with Gasteiger partial charge in [-0.2, -0.15) is 0 Å². The van der Waals surface area contributed by atoms with Crippen molar-refractivity contribution < 1.29 is 19.1 Å². The van der Waals surface area contributed by atoms with Gasteiger partial charge < -0.3 is 20.1 Å². The monoisotopic (exact) mass is 827 g/mol. The van der Waals surface area contributed by atoms with Gasteiger partial charge in [-0.15, -0.1) is 0 Å². The first-order valence-corrected chi connectivity index (χ1v) is 24.7. The van der Waals surface area contributed by atoms with Crippen LogP contribution in [0.1, 0.15) is 116 Å². The van der Waals surface area contributed by atoms with Crippen LogP contribution in [0.2, 0.25) is 0 Å². The number of aryl methyl sites for hydroxylation is 2. The van der Waals surface area contributed by atoms with E-state index in [0.29, 0.717) is 42.3 Å². The Hall–Kier alpha value is -4.20. The highest BCUT2D eigenvalue weighted by Gasteiger charge is 2.93. The van der Waals surface area contributed by atoms with Gasteiger partial charge in [-0.25, -0.2) is 4.79 Å². The van der Waals surface area contributed by atoms with Crippen molar-refractivity contribution in [3.8, 4) is 0 Å².